The minimum absolute atomic E-state index is 0.0447. The van der Waals surface area contributed by atoms with E-state index in [1.165, 1.54) is 19.1 Å². The first-order valence-corrected chi connectivity index (χ1v) is 5.16. The molecule has 1 unspecified atom stereocenters. The van der Waals surface area contributed by atoms with E-state index in [-0.39, 0.29) is 11.3 Å². The maximum atomic E-state index is 13.7. The first-order valence-electron chi connectivity index (χ1n) is 5.16. The molecule has 7 heteroatoms. The highest BCUT2D eigenvalue weighted by Gasteiger charge is 2.42. The topological polar surface area (TPSA) is 92.5 Å². The summed E-state index contributed by atoms with van der Waals surface area (Å²) in [6, 6.07) is 2.72. The van der Waals surface area contributed by atoms with Crippen LogP contribution in [0.25, 0.3) is 0 Å². The van der Waals surface area contributed by atoms with Gasteiger partial charge < -0.3 is 0 Å². The van der Waals surface area contributed by atoms with Crippen LogP contribution in [0.4, 0.5) is 10.1 Å². The number of hydrazine groups is 1. The second-order valence-corrected chi connectivity index (χ2v) is 3.82. The molecule has 0 saturated heterocycles. The van der Waals surface area contributed by atoms with Crippen LogP contribution in [-0.2, 0) is 9.59 Å². The molecular formula is C11H10FN3O3. The third kappa shape index (κ3) is 1.56. The number of hydrogen-bond donors (Lipinski definition) is 2. The maximum Gasteiger partial charge on any atom is 0.300 e. The van der Waals surface area contributed by atoms with Gasteiger partial charge >= 0.3 is 0 Å². The minimum atomic E-state index is -1.07. The number of para-hydroxylation sites is 1. The molecule has 0 radical (unpaired) electrons. The number of ketones is 1. The Balaban J connectivity index is 2.55. The van der Waals surface area contributed by atoms with Gasteiger partial charge in [0.2, 0.25) is 0 Å². The van der Waals surface area contributed by atoms with Gasteiger partial charge in [0.05, 0.1) is 11.3 Å². The van der Waals surface area contributed by atoms with E-state index >= 15 is 0 Å². The van der Waals surface area contributed by atoms with Gasteiger partial charge in [-0.1, -0.05) is 6.07 Å². The van der Waals surface area contributed by atoms with Gasteiger partial charge in [0.25, 0.3) is 17.6 Å². The van der Waals surface area contributed by atoms with Crippen LogP contribution in [0.3, 0.4) is 0 Å². The van der Waals surface area contributed by atoms with Gasteiger partial charge in [-0.15, -0.1) is 0 Å². The van der Waals surface area contributed by atoms with Crippen LogP contribution in [0.15, 0.2) is 18.2 Å². The number of fused-ring (bicyclic) bond motifs is 1. The summed E-state index contributed by atoms with van der Waals surface area (Å²) >= 11 is 0. The van der Waals surface area contributed by atoms with Gasteiger partial charge in [-0.3, -0.25) is 24.7 Å². The van der Waals surface area contributed by atoms with Crippen LogP contribution in [0.5, 0.6) is 0 Å². The van der Waals surface area contributed by atoms with Crippen LogP contribution in [-0.4, -0.2) is 23.6 Å². The average molecular weight is 251 g/mol. The molecule has 0 aromatic heterocycles. The predicted molar refractivity (Wildman–Crippen MR) is 60.0 cm³/mol. The van der Waals surface area contributed by atoms with Crippen molar-refractivity contribution in [3.8, 4) is 0 Å². The Morgan fingerprint density at radius 2 is 2.11 bits per heavy atom. The van der Waals surface area contributed by atoms with Gasteiger partial charge in [-0.05, 0) is 19.1 Å². The van der Waals surface area contributed by atoms with Crippen LogP contribution in [0.1, 0.15) is 17.3 Å². The number of nitrogens with two attached hydrogens (primary N) is 1. The zero-order valence-corrected chi connectivity index (χ0v) is 9.44. The lowest BCUT2D eigenvalue weighted by molar-refractivity contribution is -0.124. The Morgan fingerprint density at radius 1 is 1.44 bits per heavy atom. The molecule has 1 aromatic rings. The zero-order valence-electron chi connectivity index (χ0n) is 9.44. The SMILES string of the molecule is CC(C(=O)NN)N1C(=O)C(=O)c2cccc(F)c21. The number of rotatable bonds is 2. The largest absolute Gasteiger partial charge is 0.300 e. The number of hydrogen-bond acceptors (Lipinski definition) is 4. The second-order valence-electron chi connectivity index (χ2n) is 3.82. The molecule has 2 rings (SSSR count). The molecule has 3 N–H and O–H groups in total. The molecule has 0 aliphatic carbocycles. The van der Waals surface area contributed by atoms with Gasteiger partial charge in [0, 0.05) is 0 Å². The number of nitrogens with one attached hydrogen (secondary N) is 1. The average Bonchev–Trinajstić information content (AvgIpc) is 2.62. The van der Waals surface area contributed by atoms with Crippen molar-refractivity contribution in [1.29, 1.82) is 0 Å². The molecule has 1 atom stereocenters. The molecule has 1 aromatic carbocycles. The monoisotopic (exact) mass is 251 g/mol. The number of halogens is 1. The first kappa shape index (κ1) is 12.2. The van der Waals surface area contributed by atoms with E-state index < -0.39 is 29.5 Å². The van der Waals surface area contributed by atoms with E-state index in [4.69, 9.17) is 5.84 Å². The Labute approximate surface area is 102 Å². The first-order chi connectivity index (χ1) is 8.49. The van der Waals surface area contributed by atoms with Crippen molar-refractivity contribution in [1.82, 2.24) is 5.43 Å². The van der Waals surface area contributed by atoms with Crippen LogP contribution in [0.2, 0.25) is 0 Å². The van der Waals surface area contributed by atoms with E-state index in [2.05, 4.69) is 0 Å². The molecule has 0 spiro atoms. The molecule has 1 heterocycles. The number of nitrogens with zero attached hydrogens (tertiary/aromatic N) is 1. The summed E-state index contributed by atoms with van der Waals surface area (Å²) in [5.41, 5.74) is 1.64. The standard InChI is InChI=1S/C11H10FN3O3/c1-5(10(17)14-13)15-8-6(9(16)11(15)18)3-2-4-7(8)12/h2-5H,13H2,1H3,(H,14,17). The lowest BCUT2D eigenvalue weighted by Crippen LogP contribution is -2.49. The van der Waals surface area contributed by atoms with Crippen molar-refractivity contribution in [2.45, 2.75) is 13.0 Å². The third-order valence-electron chi connectivity index (χ3n) is 2.79. The summed E-state index contributed by atoms with van der Waals surface area (Å²) in [4.78, 5) is 35.6. The highest BCUT2D eigenvalue weighted by Crippen LogP contribution is 2.33. The second kappa shape index (κ2) is 4.19. The van der Waals surface area contributed by atoms with E-state index in [1.807, 2.05) is 5.43 Å². The predicted octanol–water partition coefficient (Wildman–Crippen LogP) is -0.267. The van der Waals surface area contributed by atoms with Crippen molar-refractivity contribution in [3.63, 3.8) is 0 Å². The van der Waals surface area contributed by atoms with E-state index in [9.17, 15) is 18.8 Å². The molecule has 0 fully saturated rings. The fourth-order valence-electron chi connectivity index (χ4n) is 1.88. The number of Topliss-reactive ketones (excluding diaryl/α,β-unsaturated/α-hetero) is 1. The summed E-state index contributed by atoms with van der Waals surface area (Å²) < 4.78 is 13.7. The molecule has 1 aliphatic heterocycles. The fourth-order valence-corrected chi connectivity index (χ4v) is 1.88. The molecular weight excluding hydrogens is 241 g/mol. The van der Waals surface area contributed by atoms with E-state index in [0.29, 0.717) is 0 Å². The lowest BCUT2D eigenvalue weighted by atomic mass is 10.1. The number of carbonyl (C=O) groups is 3. The molecule has 2 amide bonds. The Kier molecular flexibility index (Phi) is 2.84. The summed E-state index contributed by atoms with van der Waals surface area (Å²) in [6.07, 6.45) is 0. The molecule has 18 heavy (non-hydrogen) atoms. The van der Waals surface area contributed by atoms with Gasteiger partial charge in [-0.25, -0.2) is 10.2 Å². The normalized spacial score (nSPS) is 15.6. The fraction of sp³-hybridized carbons (Fsp3) is 0.182. The van der Waals surface area contributed by atoms with E-state index in [0.717, 1.165) is 11.0 Å². The number of anilines is 1. The molecule has 1 aliphatic rings. The minimum Gasteiger partial charge on any atom is -0.292 e. The Bertz CT molecular complexity index is 558. The number of carbonyl (C=O) groups excluding carboxylic acids is 3. The van der Waals surface area contributed by atoms with Crippen molar-refractivity contribution in [2.24, 2.45) is 5.84 Å². The smallest absolute Gasteiger partial charge is 0.292 e. The van der Waals surface area contributed by atoms with Crippen LogP contribution >= 0.6 is 0 Å². The van der Waals surface area contributed by atoms with Gasteiger partial charge in [0.1, 0.15) is 11.9 Å². The molecule has 0 bridgehead atoms. The Hall–Kier alpha value is -2.28. The summed E-state index contributed by atoms with van der Waals surface area (Å²) in [5, 5.41) is 0. The summed E-state index contributed by atoms with van der Waals surface area (Å²) in [5.74, 6) is 1.77. The zero-order chi connectivity index (χ0) is 13.4. The van der Waals surface area contributed by atoms with E-state index in [1.54, 1.807) is 0 Å². The molecule has 0 saturated carbocycles. The summed E-state index contributed by atoms with van der Waals surface area (Å²) in [7, 11) is 0. The van der Waals surface area contributed by atoms with Crippen molar-refractivity contribution >= 4 is 23.3 Å². The van der Waals surface area contributed by atoms with Crippen molar-refractivity contribution in [3.05, 3.63) is 29.6 Å². The summed E-state index contributed by atoms with van der Waals surface area (Å²) in [6.45, 7) is 1.36. The quantitative estimate of drug-likeness (QED) is 0.327. The highest BCUT2D eigenvalue weighted by atomic mass is 19.1. The third-order valence-corrected chi connectivity index (χ3v) is 2.79. The van der Waals surface area contributed by atoms with Gasteiger partial charge in [-0.2, -0.15) is 0 Å². The van der Waals surface area contributed by atoms with Gasteiger partial charge in [0.15, 0.2) is 0 Å². The number of benzene rings is 1. The maximum absolute atomic E-state index is 13.7. The highest BCUT2D eigenvalue weighted by molar-refractivity contribution is 6.52. The Morgan fingerprint density at radius 3 is 2.72 bits per heavy atom. The molecule has 6 nitrogen and oxygen atoms in total. The lowest BCUT2D eigenvalue weighted by Gasteiger charge is -2.23. The molecule has 94 valence electrons. The number of amides is 2. The van der Waals surface area contributed by atoms with Crippen LogP contribution < -0.4 is 16.2 Å². The van der Waals surface area contributed by atoms with Crippen molar-refractivity contribution in [2.75, 3.05) is 4.90 Å². The van der Waals surface area contributed by atoms with Crippen molar-refractivity contribution < 1.29 is 18.8 Å². The van der Waals surface area contributed by atoms with Crippen LogP contribution in [0, 0.1) is 5.82 Å².